The average molecular weight is 331 g/mol. The van der Waals surface area contributed by atoms with Crippen LogP contribution in [0.25, 0.3) is 0 Å². The number of benzene rings is 1. The third-order valence-electron chi connectivity index (χ3n) is 4.75. The molecule has 1 aromatic heterocycles. The lowest BCUT2D eigenvalue weighted by atomic mass is 9.90. The Balaban J connectivity index is 1.53. The fourth-order valence-corrected chi connectivity index (χ4v) is 3.38. The van der Waals surface area contributed by atoms with Gasteiger partial charge in [-0.25, -0.2) is 9.18 Å². The van der Waals surface area contributed by atoms with Gasteiger partial charge in [0.05, 0.1) is 6.54 Å². The highest BCUT2D eigenvalue weighted by molar-refractivity contribution is 5.88. The first-order valence-corrected chi connectivity index (χ1v) is 8.31. The minimum Gasteiger partial charge on any atom is -0.478 e. The molecule has 0 bridgehead atoms. The molecule has 3 rings (SSSR count). The molecule has 0 radical (unpaired) electrons. The molecule has 1 fully saturated rings. The van der Waals surface area contributed by atoms with Gasteiger partial charge < -0.3 is 9.52 Å². The SMILES string of the molecule is Cc1oc(CN2CCC(Cc3ccccc3F)CC2)cc1C(=O)O. The van der Waals surface area contributed by atoms with Gasteiger partial charge in [0.1, 0.15) is 22.9 Å². The van der Waals surface area contributed by atoms with Crippen molar-refractivity contribution in [3.05, 3.63) is 58.8 Å². The van der Waals surface area contributed by atoms with Crippen LogP contribution in [0.15, 0.2) is 34.7 Å². The first-order valence-electron chi connectivity index (χ1n) is 8.31. The second kappa shape index (κ2) is 7.18. The van der Waals surface area contributed by atoms with Crippen LogP contribution < -0.4 is 0 Å². The second-order valence-electron chi connectivity index (χ2n) is 6.50. The number of carboxylic acid groups (broad SMARTS) is 1. The Morgan fingerprint density at radius 2 is 2.04 bits per heavy atom. The fraction of sp³-hybridized carbons (Fsp3) is 0.421. The first kappa shape index (κ1) is 16.7. The molecule has 24 heavy (non-hydrogen) atoms. The van der Waals surface area contributed by atoms with Crippen molar-refractivity contribution in [1.82, 2.24) is 4.90 Å². The third-order valence-corrected chi connectivity index (χ3v) is 4.75. The average Bonchev–Trinajstić information content (AvgIpc) is 2.92. The zero-order chi connectivity index (χ0) is 17.1. The highest BCUT2D eigenvalue weighted by Gasteiger charge is 2.22. The predicted octanol–water partition coefficient (Wildman–Crippen LogP) is 3.88. The number of halogens is 1. The topological polar surface area (TPSA) is 53.7 Å². The van der Waals surface area contributed by atoms with Crippen molar-refractivity contribution in [2.45, 2.75) is 32.7 Å². The molecule has 1 aliphatic rings. The maximum absolute atomic E-state index is 13.7. The lowest BCUT2D eigenvalue weighted by molar-refractivity contribution is 0.0695. The van der Waals surface area contributed by atoms with Gasteiger partial charge in [-0.1, -0.05) is 18.2 Å². The summed E-state index contributed by atoms with van der Waals surface area (Å²) in [6.07, 6.45) is 2.81. The summed E-state index contributed by atoms with van der Waals surface area (Å²) in [6.45, 7) is 4.14. The molecule has 5 heteroatoms. The van der Waals surface area contributed by atoms with E-state index in [-0.39, 0.29) is 11.4 Å². The minimum absolute atomic E-state index is 0.118. The smallest absolute Gasteiger partial charge is 0.339 e. The van der Waals surface area contributed by atoms with Crippen LogP contribution in [0.4, 0.5) is 4.39 Å². The van der Waals surface area contributed by atoms with Crippen LogP contribution in [0.5, 0.6) is 0 Å². The molecule has 1 saturated heterocycles. The number of furan rings is 1. The van der Waals surface area contributed by atoms with Crippen LogP contribution in [-0.4, -0.2) is 29.1 Å². The van der Waals surface area contributed by atoms with Crippen molar-refractivity contribution < 1.29 is 18.7 Å². The summed E-state index contributed by atoms with van der Waals surface area (Å²) in [6, 6.07) is 8.60. The molecule has 2 heterocycles. The van der Waals surface area contributed by atoms with Gasteiger partial charge in [-0.2, -0.15) is 0 Å². The van der Waals surface area contributed by atoms with E-state index in [0.717, 1.165) is 37.9 Å². The summed E-state index contributed by atoms with van der Waals surface area (Å²) in [5.41, 5.74) is 1.03. The Morgan fingerprint density at radius 1 is 1.33 bits per heavy atom. The molecule has 1 aliphatic heterocycles. The van der Waals surface area contributed by atoms with Crippen molar-refractivity contribution in [2.75, 3.05) is 13.1 Å². The normalized spacial score (nSPS) is 16.4. The molecule has 128 valence electrons. The van der Waals surface area contributed by atoms with E-state index in [9.17, 15) is 9.18 Å². The summed E-state index contributed by atoms with van der Waals surface area (Å²) in [5.74, 6) is 0.564. The number of likely N-dealkylation sites (tertiary alicyclic amines) is 1. The van der Waals surface area contributed by atoms with Gasteiger partial charge in [0, 0.05) is 0 Å². The summed E-state index contributed by atoms with van der Waals surface area (Å²) in [4.78, 5) is 13.3. The highest BCUT2D eigenvalue weighted by atomic mass is 19.1. The zero-order valence-electron chi connectivity index (χ0n) is 13.8. The molecule has 0 unspecified atom stereocenters. The molecule has 0 atom stereocenters. The Labute approximate surface area is 140 Å². The van der Waals surface area contributed by atoms with Crippen molar-refractivity contribution in [2.24, 2.45) is 5.92 Å². The van der Waals surface area contributed by atoms with Crippen LogP contribution in [0, 0.1) is 18.7 Å². The van der Waals surface area contributed by atoms with E-state index in [2.05, 4.69) is 4.90 Å². The number of carbonyl (C=O) groups is 1. The number of aromatic carboxylic acids is 1. The number of hydrogen-bond donors (Lipinski definition) is 1. The van der Waals surface area contributed by atoms with E-state index in [1.165, 1.54) is 6.07 Å². The number of hydrogen-bond acceptors (Lipinski definition) is 3. The Kier molecular flexibility index (Phi) is 5.00. The van der Waals surface area contributed by atoms with Crippen LogP contribution in [0.1, 0.15) is 40.3 Å². The standard InChI is InChI=1S/C19H22FNO3/c1-13-17(19(22)23)11-16(24-13)12-21-8-6-14(7-9-21)10-15-4-2-3-5-18(15)20/h2-5,11,14H,6-10,12H2,1H3,(H,22,23). The second-order valence-corrected chi connectivity index (χ2v) is 6.50. The van der Waals surface area contributed by atoms with E-state index in [1.807, 2.05) is 12.1 Å². The van der Waals surface area contributed by atoms with Crippen LogP contribution in [0.3, 0.4) is 0 Å². The van der Waals surface area contributed by atoms with E-state index in [4.69, 9.17) is 9.52 Å². The van der Waals surface area contributed by atoms with Crippen molar-refractivity contribution in [1.29, 1.82) is 0 Å². The summed E-state index contributed by atoms with van der Waals surface area (Å²) >= 11 is 0. The third kappa shape index (κ3) is 3.85. The lowest BCUT2D eigenvalue weighted by Crippen LogP contribution is -2.33. The predicted molar refractivity (Wildman–Crippen MR) is 88.5 cm³/mol. The quantitative estimate of drug-likeness (QED) is 0.903. The molecule has 0 aliphatic carbocycles. The molecular weight excluding hydrogens is 309 g/mol. The molecule has 4 nitrogen and oxygen atoms in total. The van der Waals surface area contributed by atoms with Crippen LogP contribution in [0.2, 0.25) is 0 Å². The van der Waals surface area contributed by atoms with Gasteiger partial charge in [0.2, 0.25) is 0 Å². The Bertz CT molecular complexity index is 717. The largest absolute Gasteiger partial charge is 0.478 e. The number of rotatable bonds is 5. The Hall–Kier alpha value is -2.14. The summed E-state index contributed by atoms with van der Waals surface area (Å²) in [7, 11) is 0. The van der Waals surface area contributed by atoms with Gasteiger partial charge >= 0.3 is 5.97 Å². The maximum Gasteiger partial charge on any atom is 0.339 e. The van der Waals surface area contributed by atoms with Crippen molar-refractivity contribution in [3.63, 3.8) is 0 Å². The lowest BCUT2D eigenvalue weighted by Gasteiger charge is -2.31. The molecule has 0 amide bonds. The highest BCUT2D eigenvalue weighted by Crippen LogP contribution is 2.25. The molecule has 1 N–H and O–H groups in total. The van der Waals surface area contributed by atoms with Crippen LogP contribution in [-0.2, 0) is 13.0 Å². The molecule has 0 spiro atoms. The number of carboxylic acids is 1. The summed E-state index contributed by atoms with van der Waals surface area (Å²) in [5, 5.41) is 9.08. The monoisotopic (exact) mass is 331 g/mol. The number of piperidine rings is 1. The van der Waals surface area contributed by atoms with Gasteiger partial charge in [-0.05, 0) is 62.9 Å². The molecule has 0 saturated carbocycles. The van der Waals surface area contributed by atoms with Gasteiger partial charge in [0.25, 0.3) is 0 Å². The molecular formula is C19H22FNO3. The van der Waals surface area contributed by atoms with E-state index in [0.29, 0.717) is 24.0 Å². The van der Waals surface area contributed by atoms with Crippen molar-refractivity contribution in [3.8, 4) is 0 Å². The minimum atomic E-state index is -0.953. The number of nitrogens with zero attached hydrogens (tertiary/aromatic N) is 1. The fourth-order valence-electron chi connectivity index (χ4n) is 3.38. The Morgan fingerprint density at radius 3 is 2.67 bits per heavy atom. The van der Waals surface area contributed by atoms with Gasteiger partial charge in [0.15, 0.2) is 0 Å². The molecule has 2 aromatic rings. The van der Waals surface area contributed by atoms with E-state index in [1.54, 1.807) is 19.1 Å². The first-order chi connectivity index (χ1) is 11.5. The zero-order valence-corrected chi connectivity index (χ0v) is 13.8. The van der Waals surface area contributed by atoms with Gasteiger partial charge in [-0.15, -0.1) is 0 Å². The maximum atomic E-state index is 13.7. The van der Waals surface area contributed by atoms with Gasteiger partial charge in [-0.3, -0.25) is 4.90 Å². The van der Waals surface area contributed by atoms with Crippen LogP contribution >= 0.6 is 0 Å². The molecule has 1 aromatic carbocycles. The number of aryl methyl sites for hydroxylation is 1. The van der Waals surface area contributed by atoms with E-state index < -0.39 is 5.97 Å². The summed E-state index contributed by atoms with van der Waals surface area (Å²) < 4.78 is 19.3. The van der Waals surface area contributed by atoms with Crippen molar-refractivity contribution >= 4 is 5.97 Å². The van der Waals surface area contributed by atoms with E-state index >= 15 is 0 Å².